The van der Waals surface area contributed by atoms with Gasteiger partial charge in [0.25, 0.3) is 0 Å². The lowest BCUT2D eigenvalue weighted by atomic mass is 10.0. The molecule has 2 rings (SSSR count). The maximum absolute atomic E-state index is 12.0. The van der Waals surface area contributed by atoms with Crippen molar-refractivity contribution in [2.45, 2.75) is 26.3 Å². The molecule has 0 radical (unpaired) electrons. The van der Waals surface area contributed by atoms with Gasteiger partial charge in [-0.1, -0.05) is 15.9 Å². The average molecular weight is 341 g/mol. The predicted molar refractivity (Wildman–Crippen MR) is 82.9 cm³/mol. The van der Waals surface area contributed by atoms with Crippen molar-refractivity contribution in [3.8, 4) is 5.75 Å². The second kappa shape index (κ2) is 7.09. The van der Waals surface area contributed by atoms with Gasteiger partial charge in [0.05, 0.1) is 13.2 Å². The van der Waals surface area contributed by atoms with E-state index in [-0.39, 0.29) is 11.9 Å². The molecule has 1 unspecified atom stereocenters. The Labute approximate surface area is 128 Å². The van der Waals surface area contributed by atoms with Gasteiger partial charge >= 0.3 is 0 Å². The van der Waals surface area contributed by atoms with Gasteiger partial charge in [-0.25, -0.2) is 0 Å². The number of benzene rings is 1. The highest BCUT2D eigenvalue weighted by atomic mass is 79.9. The first kappa shape index (κ1) is 15.3. The van der Waals surface area contributed by atoms with Gasteiger partial charge < -0.3 is 15.0 Å². The zero-order chi connectivity index (χ0) is 14.5. The van der Waals surface area contributed by atoms with Crippen molar-refractivity contribution in [3.63, 3.8) is 0 Å². The summed E-state index contributed by atoms with van der Waals surface area (Å²) in [5.41, 5.74) is 1.12. The highest BCUT2D eigenvalue weighted by Gasteiger charge is 2.22. The normalized spacial score (nSPS) is 17.2. The third kappa shape index (κ3) is 3.52. The molecule has 1 amide bonds. The number of nitrogens with zero attached hydrogens (tertiary/aromatic N) is 1. The Balaban J connectivity index is 2.01. The third-order valence-electron chi connectivity index (χ3n) is 3.63. The molecule has 0 bridgehead atoms. The molecule has 1 aromatic rings. The van der Waals surface area contributed by atoms with Crippen LogP contribution in [0.1, 0.15) is 31.9 Å². The molecule has 0 fully saturated rings. The number of likely N-dealkylation sites (N-methyl/N-ethyl adjacent to an activating group) is 1. The minimum absolute atomic E-state index is 0.151. The molecule has 1 aromatic carbocycles. The monoisotopic (exact) mass is 340 g/mol. The van der Waals surface area contributed by atoms with E-state index in [0.717, 1.165) is 35.3 Å². The lowest BCUT2D eigenvalue weighted by Gasteiger charge is -2.28. The smallest absolute Gasteiger partial charge is 0.236 e. The number of hydrogen-bond acceptors (Lipinski definition) is 3. The van der Waals surface area contributed by atoms with Crippen molar-refractivity contribution < 1.29 is 9.53 Å². The Morgan fingerprint density at radius 1 is 1.45 bits per heavy atom. The first-order chi connectivity index (χ1) is 9.65. The molecule has 1 N–H and O–H groups in total. The summed E-state index contributed by atoms with van der Waals surface area (Å²) in [6.07, 6.45) is 0.884. The summed E-state index contributed by atoms with van der Waals surface area (Å²) in [5.74, 6) is 1.06. The summed E-state index contributed by atoms with van der Waals surface area (Å²) in [6.45, 7) is 6.58. The van der Waals surface area contributed by atoms with Gasteiger partial charge in [0.1, 0.15) is 5.75 Å². The SMILES string of the molecule is CCN(CC)C(=O)CNC1CCOc2ccc(Br)cc21. The lowest BCUT2D eigenvalue weighted by Crippen LogP contribution is -2.40. The van der Waals surface area contributed by atoms with Crippen LogP contribution < -0.4 is 10.1 Å². The average Bonchev–Trinajstić information content (AvgIpc) is 2.46. The van der Waals surface area contributed by atoms with E-state index in [1.807, 2.05) is 30.9 Å². The minimum Gasteiger partial charge on any atom is -0.493 e. The molecule has 110 valence electrons. The second-order valence-electron chi connectivity index (χ2n) is 4.82. The highest BCUT2D eigenvalue weighted by Crippen LogP contribution is 2.33. The number of fused-ring (bicyclic) bond motifs is 1. The zero-order valence-electron chi connectivity index (χ0n) is 12.0. The Kier molecular flexibility index (Phi) is 5.43. The number of nitrogens with one attached hydrogen (secondary N) is 1. The number of ether oxygens (including phenoxy) is 1. The zero-order valence-corrected chi connectivity index (χ0v) is 13.6. The molecule has 1 aliphatic rings. The van der Waals surface area contributed by atoms with E-state index in [1.54, 1.807) is 0 Å². The maximum Gasteiger partial charge on any atom is 0.236 e. The molecule has 0 saturated carbocycles. The second-order valence-corrected chi connectivity index (χ2v) is 5.73. The van der Waals surface area contributed by atoms with E-state index in [4.69, 9.17) is 4.74 Å². The van der Waals surface area contributed by atoms with Gasteiger partial charge in [-0.15, -0.1) is 0 Å². The Morgan fingerprint density at radius 3 is 2.90 bits per heavy atom. The number of halogens is 1. The van der Waals surface area contributed by atoms with Crippen LogP contribution in [0.3, 0.4) is 0 Å². The fourth-order valence-corrected chi connectivity index (χ4v) is 2.85. The third-order valence-corrected chi connectivity index (χ3v) is 4.12. The van der Waals surface area contributed by atoms with Gasteiger partial charge in [0, 0.05) is 35.6 Å². The van der Waals surface area contributed by atoms with E-state index in [0.29, 0.717) is 13.2 Å². The fourth-order valence-electron chi connectivity index (χ4n) is 2.48. The van der Waals surface area contributed by atoms with Crippen LogP contribution in [-0.2, 0) is 4.79 Å². The highest BCUT2D eigenvalue weighted by molar-refractivity contribution is 9.10. The van der Waals surface area contributed by atoms with Crippen molar-refractivity contribution >= 4 is 21.8 Å². The molecule has 1 heterocycles. The summed E-state index contributed by atoms with van der Waals surface area (Å²) in [6, 6.07) is 6.19. The molecular formula is C15H21BrN2O2. The van der Waals surface area contributed by atoms with Crippen molar-refractivity contribution in [3.05, 3.63) is 28.2 Å². The van der Waals surface area contributed by atoms with Crippen LogP contribution in [0.25, 0.3) is 0 Å². The largest absolute Gasteiger partial charge is 0.493 e. The number of hydrogen-bond donors (Lipinski definition) is 1. The van der Waals surface area contributed by atoms with E-state index >= 15 is 0 Å². The first-order valence-corrected chi connectivity index (χ1v) is 7.88. The molecule has 20 heavy (non-hydrogen) atoms. The lowest BCUT2D eigenvalue weighted by molar-refractivity contribution is -0.130. The quantitative estimate of drug-likeness (QED) is 0.895. The first-order valence-electron chi connectivity index (χ1n) is 7.09. The van der Waals surface area contributed by atoms with Crippen LogP contribution in [0.4, 0.5) is 0 Å². The maximum atomic E-state index is 12.0. The van der Waals surface area contributed by atoms with Crippen molar-refractivity contribution in [1.29, 1.82) is 0 Å². The van der Waals surface area contributed by atoms with Crippen LogP contribution in [0.15, 0.2) is 22.7 Å². The van der Waals surface area contributed by atoms with E-state index in [1.165, 1.54) is 0 Å². The van der Waals surface area contributed by atoms with Gasteiger partial charge in [-0.3, -0.25) is 4.79 Å². The van der Waals surface area contributed by atoms with Crippen molar-refractivity contribution in [2.75, 3.05) is 26.2 Å². The molecule has 5 heteroatoms. The van der Waals surface area contributed by atoms with Gasteiger partial charge in [-0.05, 0) is 32.0 Å². The fraction of sp³-hybridized carbons (Fsp3) is 0.533. The topological polar surface area (TPSA) is 41.6 Å². The van der Waals surface area contributed by atoms with E-state index in [2.05, 4.69) is 27.3 Å². The van der Waals surface area contributed by atoms with Gasteiger partial charge in [0.15, 0.2) is 0 Å². The number of carbonyl (C=O) groups excluding carboxylic acids is 1. The molecule has 0 spiro atoms. The van der Waals surface area contributed by atoms with E-state index < -0.39 is 0 Å². The van der Waals surface area contributed by atoms with Crippen LogP contribution in [0.5, 0.6) is 5.75 Å². The van der Waals surface area contributed by atoms with Gasteiger partial charge in [0.2, 0.25) is 5.91 Å². The molecule has 4 nitrogen and oxygen atoms in total. The molecule has 0 aliphatic carbocycles. The predicted octanol–water partition coefficient (Wildman–Crippen LogP) is 2.73. The number of rotatable bonds is 5. The Morgan fingerprint density at radius 2 is 2.20 bits per heavy atom. The summed E-state index contributed by atoms with van der Waals surface area (Å²) in [5, 5.41) is 3.36. The standard InChI is InChI=1S/C15H21BrN2O2/c1-3-18(4-2)15(19)10-17-13-7-8-20-14-6-5-11(16)9-12(13)14/h5-6,9,13,17H,3-4,7-8,10H2,1-2H3. The minimum atomic E-state index is 0.151. The molecule has 0 aromatic heterocycles. The summed E-state index contributed by atoms with van der Waals surface area (Å²) in [4.78, 5) is 13.9. The van der Waals surface area contributed by atoms with Crippen molar-refractivity contribution in [2.24, 2.45) is 0 Å². The summed E-state index contributed by atoms with van der Waals surface area (Å²) < 4.78 is 6.68. The molecule has 1 aliphatic heterocycles. The summed E-state index contributed by atoms with van der Waals surface area (Å²) in [7, 11) is 0. The molecular weight excluding hydrogens is 320 g/mol. The summed E-state index contributed by atoms with van der Waals surface area (Å²) >= 11 is 3.49. The molecule has 0 saturated heterocycles. The van der Waals surface area contributed by atoms with Crippen molar-refractivity contribution in [1.82, 2.24) is 10.2 Å². The number of amides is 1. The van der Waals surface area contributed by atoms with Crippen LogP contribution >= 0.6 is 15.9 Å². The van der Waals surface area contributed by atoms with Crippen LogP contribution in [0, 0.1) is 0 Å². The molecule has 1 atom stereocenters. The van der Waals surface area contributed by atoms with Gasteiger partial charge in [-0.2, -0.15) is 0 Å². The van der Waals surface area contributed by atoms with Crippen LogP contribution in [-0.4, -0.2) is 37.0 Å². The number of carbonyl (C=O) groups is 1. The Hall–Kier alpha value is -1.07. The van der Waals surface area contributed by atoms with E-state index in [9.17, 15) is 4.79 Å². The van der Waals surface area contributed by atoms with Crippen LogP contribution in [0.2, 0.25) is 0 Å². The Bertz CT molecular complexity index is 475.